The predicted octanol–water partition coefficient (Wildman–Crippen LogP) is 1.24. The van der Waals surface area contributed by atoms with Crippen molar-refractivity contribution in [2.45, 2.75) is 31.2 Å². The molecule has 1 aromatic rings. The highest BCUT2D eigenvalue weighted by Gasteiger charge is 2.24. The van der Waals surface area contributed by atoms with Gasteiger partial charge < -0.3 is 14.8 Å². The molecule has 0 spiro atoms. The van der Waals surface area contributed by atoms with Crippen molar-refractivity contribution in [2.24, 2.45) is 0 Å². The average molecular weight is 344 g/mol. The van der Waals surface area contributed by atoms with E-state index in [0.29, 0.717) is 11.5 Å². The monoisotopic (exact) mass is 344 g/mol. The lowest BCUT2D eigenvalue weighted by Gasteiger charge is -2.19. The molecule has 0 radical (unpaired) electrons. The second kappa shape index (κ2) is 8.16. The number of sulfonamides is 1. The number of carbonyl (C=O) groups is 1. The van der Waals surface area contributed by atoms with E-state index in [1.807, 2.05) is 13.8 Å². The summed E-state index contributed by atoms with van der Waals surface area (Å²) in [7, 11) is 0.464. The molecule has 0 unspecified atom stereocenters. The molecule has 0 aliphatic carbocycles. The molecule has 1 atom stereocenters. The Morgan fingerprint density at radius 1 is 1.26 bits per heavy atom. The highest BCUT2D eigenvalue weighted by Crippen LogP contribution is 2.30. The second-order valence-electron chi connectivity index (χ2n) is 5.15. The zero-order chi connectivity index (χ0) is 17.6. The Bertz CT molecular complexity index is 645. The van der Waals surface area contributed by atoms with Gasteiger partial charge in [0.2, 0.25) is 15.9 Å². The predicted molar refractivity (Wildman–Crippen MR) is 87.3 cm³/mol. The molecule has 0 aliphatic rings. The maximum Gasteiger partial charge on any atom is 0.243 e. The van der Waals surface area contributed by atoms with E-state index in [0.717, 1.165) is 10.7 Å². The van der Waals surface area contributed by atoms with Crippen LogP contribution in [0.1, 0.15) is 20.3 Å². The van der Waals surface area contributed by atoms with Crippen molar-refractivity contribution >= 4 is 15.9 Å². The van der Waals surface area contributed by atoms with Crippen molar-refractivity contribution in [2.75, 3.05) is 27.8 Å². The van der Waals surface area contributed by atoms with Crippen molar-refractivity contribution in [1.29, 1.82) is 0 Å². The Morgan fingerprint density at radius 3 is 2.39 bits per heavy atom. The Labute approximate surface area is 137 Å². The van der Waals surface area contributed by atoms with E-state index in [9.17, 15) is 13.2 Å². The largest absolute Gasteiger partial charge is 0.493 e. The number of nitrogens with one attached hydrogen (secondary N) is 1. The molecule has 7 nitrogen and oxygen atoms in total. The van der Waals surface area contributed by atoms with Crippen LogP contribution in [-0.4, -0.2) is 52.5 Å². The summed E-state index contributed by atoms with van der Waals surface area (Å²) < 4.78 is 36.3. The minimum Gasteiger partial charge on any atom is -0.493 e. The molecule has 0 aromatic heterocycles. The van der Waals surface area contributed by atoms with Crippen LogP contribution in [0.25, 0.3) is 0 Å². The molecule has 1 rings (SSSR count). The fourth-order valence-corrected chi connectivity index (χ4v) is 3.01. The number of nitrogens with zero attached hydrogens (tertiary/aromatic N) is 1. The Kier molecular flexibility index (Phi) is 6.83. The molecule has 0 saturated carbocycles. The maximum atomic E-state index is 12.5. The van der Waals surface area contributed by atoms with Gasteiger partial charge in [-0.1, -0.05) is 6.92 Å². The first-order chi connectivity index (χ1) is 10.8. The number of methoxy groups -OCH3 is 2. The smallest absolute Gasteiger partial charge is 0.243 e. The number of carbonyl (C=O) groups excluding carboxylic acids is 1. The first kappa shape index (κ1) is 19.2. The van der Waals surface area contributed by atoms with Gasteiger partial charge in [0, 0.05) is 19.2 Å². The van der Waals surface area contributed by atoms with Gasteiger partial charge in [-0.2, -0.15) is 4.31 Å². The van der Waals surface area contributed by atoms with Gasteiger partial charge in [0.15, 0.2) is 11.5 Å². The third kappa shape index (κ3) is 4.84. The van der Waals surface area contributed by atoms with Gasteiger partial charge >= 0.3 is 0 Å². The molecule has 23 heavy (non-hydrogen) atoms. The van der Waals surface area contributed by atoms with E-state index in [1.54, 1.807) is 0 Å². The van der Waals surface area contributed by atoms with Crippen molar-refractivity contribution in [3.05, 3.63) is 18.2 Å². The topological polar surface area (TPSA) is 84.9 Å². The van der Waals surface area contributed by atoms with Gasteiger partial charge in [-0.25, -0.2) is 8.42 Å². The van der Waals surface area contributed by atoms with Crippen LogP contribution in [0.4, 0.5) is 0 Å². The third-order valence-electron chi connectivity index (χ3n) is 3.45. The van der Waals surface area contributed by atoms with E-state index < -0.39 is 10.0 Å². The molecule has 0 saturated heterocycles. The van der Waals surface area contributed by atoms with Crippen molar-refractivity contribution in [1.82, 2.24) is 9.62 Å². The Hall–Kier alpha value is -1.80. The van der Waals surface area contributed by atoms with Gasteiger partial charge in [0.25, 0.3) is 0 Å². The third-order valence-corrected chi connectivity index (χ3v) is 5.25. The fraction of sp³-hybridized carbons (Fsp3) is 0.533. The normalized spacial score (nSPS) is 12.8. The molecule has 0 aliphatic heterocycles. The summed E-state index contributed by atoms with van der Waals surface area (Å²) in [6.07, 6.45) is 0.776. The Balaban J connectivity index is 2.95. The first-order valence-corrected chi connectivity index (χ1v) is 8.68. The zero-order valence-corrected chi connectivity index (χ0v) is 14.9. The lowest BCUT2D eigenvalue weighted by Crippen LogP contribution is -2.41. The van der Waals surface area contributed by atoms with Crippen LogP contribution in [0.3, 0.4) is 0 Å². The fourth-order valence-electron chi connectivity index (χ4n) is 1.87. The summed E-state index contributed by atoms with van der Waals surface area (Å²) in [6.45, 7) is 3.55. The van der Waals surface area contributed by atoms with Crippen LogP contribution in [0.15, 0.2) is 23.1 Å². The molecule has 8 heteroatoms. The molecule has 0 heterocycles. The molecular formula is C15H24N2O5S. The minimum atomic E-state index is -3.80. The van der Waals surface area contributed by atoms with E-state index >= 15 is 0 Å². The second-order valence-corrected chi connectivity index (χ2v) is 7.20. The average Bonchev–Trinajstić information content (AvgIpc) is 2.53. The highest BCUT2D eigenvalue weighted by molar-refractivity contribution is 7.89. The summed E-state index contributed by atoms with van der Waals surface area (Å²) >= 11 is 0. The van der Waals surface area contributed by atoms with E-state index in [4.69, 9.17) is 9.47 Å². The van der Waals surface area contributed by atoms with Gasteiger partial charge in [0.1, 0.15) is 0 Å². The number of ether oxygens (including phenoxy) is 2. The number of rotatable bonds is 8. The summed E-state index contributed by atoms with van der Waals surface area (Å²) in [6, 6.07) is 4.30. The molecule has 1 aromatic carbocycles. The quantitative estimate of drug-likeness (QED) is 0.767. The van der Waals surface area contributed by atoms with Gasteiger partial charge in [-0.15, -0.1) is 0 Å². The first-order valence-electron chi connectivity index (χ1n) is 7.24. The molecule has 1 N–H and O–H groups in total. The lowest BCUT2D eigenvalue weighted by molar-refractivity contribution is -0.121. The summed E-state index contributed by atoms with van der Waals surface area (Å²) in [5.41, 5.74) is 0. The minimum absolute atomic E-state index is 0.000292. The Morgan fingerprint density at radius 2 is 1.87 bits per heavy atom. The van der Waals surface area contributed by atoms with E-state index in [-0.39, 0.29) is 23.4 Å². The van der Waals surface area contributed by atoms with Crippen LogP contribution in [0.2, 0.25) is 0 Å². The van der Waals surface area contributed by atoms with Crippen LogP contribution < -0.4 is 14.8 Å². The number of hydrogen-bond donors (Lipinski definition) is 1. The van der Waals surface area contributed by atoms with E-state index in [1.165, 1.54) is 39.5 Å². The van der Waals surface area contributed by atoms with Crippen LogP contribution in [-0.2, 0) is 14.8 Å². The summed E-state index contributed by atoms with van der Waals surface area (Å²) in [4.78, 5) is 11.9. The number of amides is 1. The molecular weight excluding hydrogens is 320 g/mol. The van der Waals surface area contributed by atoms with Gasteiger partial charge in [-0.3, -0.25) is 4.79 Å². The van der Waals surface area contributed by atoms with Crippen molar-refractivity contribution < 1.29 is 22.7 Å². The lowest BCUT2D eigenvalue weighted by atomic mass is 10.2. The SMILES string of the molecule is CC[C@H](C)NC(=O)CN(C)S(=O)(=O)c1ccc(OC)c(OC)c1. The van der Waals surface area contributed by atoms with Crippen molar-refractivity contribution in [3.63, 3.8) is 0 Å². The van der Waals surface area contributed by atoms with Crippen LogP contribution in [0, 0.1) is 0 Å². The zero-order valence-electron chi connectivity index (χ0n) is 14.1. The van der Waals surface area contributed by atoms with Crippen molar-refractivity contribution in [3.8, 4) is 11.5 Å². The standard InChI is InChI=1S/C15H24N2O5S/c1-6-11(2)16-15(18)10-17(3)23(19,20)12-7-8-13(21-4)14(9-12)22-5/h7-9,11H,6,10H2,1-5H3,(H,16,18)/t11-/m0/s1. The van der Waals surface area contributed by atoms with E-state index in [2.05, 4.69) is 5.32 Å². The number of likely N-dealkylation sites (N-methyl/N-ethyl adjacent to an activating group) is 1. The van der Waals surface area contributed by atoms with Crippen LogP contribution >= 0.6 is 0 Å². The summed E-state index contributed by atoms with van der Waals surface area (Å²) in [5, 5.41) is 2.74. The molecule has 0 fully saturated rings. The molecule has 1 amide bonds. The highest BCUT2D eigenvalue weighted by atomic mass is 32.2. The number of hydrogen-bond acceptors (Lipinski definition) is 5. The number of benzene rings is 1. The van der Waals surface area contributed by atoms with Gasteiger partial charge in [-0.05, 0) is 25.5 Å². The molecule has 0 bridgehead atoms. The molecule has 130 valence electrons. The van der Waals surface area contributed by atoms with Gasteiger partial charge in [0.05, 0.1) is 25.7 Å². The maximum absolute atomic E-state index is 12.5. The summed E-state index contributed by atoms with van der Waals surface area (Å²) in [5.74, 6) is 0.403. The van der Waals surface area contributed by atoms with Crippen LogP contribution in [0.5, 0.6) is 11.5 Å².